The van der Waals surface area contributed by atoms with Crippen LogP contribution in [0.4, 0.5) is 0 Å². The predicted molar refractivity (Wildman–Crippen MR) is 97.1 cm³/mol. The quantitative estimate of drug-likeness (QED) is 0.818. The molecule has 0 N–H and O–H groups in total. The Labute approximate surface area is 149 Å². The average molecular weight is 348 g/mol. The zero-order chi connectivity index (χ0) is 16.7. The number of rotatable bonds is 5. The molecular formula is C19H29N3OS. The first-order chi connectivity index (χ1) is 11.6. The summed E-state index contributed by atoms with van der Waals surface area (Å²) in [6.07, 6.45) is 5.95. The van der Waals surface area contributed by atoms with Crippen LogP contribution in [0.2, 0.25) is 0 Å². The molecule has 1 atom stereocenters. The Kier molecular flexibility index (Phi) is 4.42. The van der Waals surface area contributed by atoms with Gasteiger partial charge in [0, 0.05) is 25.0 Å². The normalized spacial score (nSPS) is 28.5. The minimum Gasteiger partial charge on any atom is -0.342 e. The number of likely N-dealkylation sites (tertiary alicyclic amines) is 2. The molecule has 0 radical (unpaired) electrons. The molecule has 132 valence electrons. The van der Waals surface area contributed by atoms with Gasteiger partial charge in [0.15, 0.2) is 0 Å². The van der Waals surface area contributed by atoms with Crippen LogP contribution in [0.15, 0.2) is 5.38 Å². The van der Waals surface area contributed by atoms with Crippen molar-refractivity contribution in [2.45, 2.75) is 58.4 Å². The van der Waals surface area contributed by atoms with Crippen molar-refractivity contribution in [1.82, 2.24) is 14.8 Å². The molecule has 0 bridgehead atoms. The highest BCUT2D eigenvalue weighted by molar-refractivity contribution is 7.09. The molecule has 4 rings (SSSR count). The third-order valence-corrected chi connectivity index (χ3v) is 6.80. The van der Waals surface area contributed by atoms with Gasteiger partial charge in [-0.15, -0.1) is 11.3 Å². The Morgan fingerprint density at radius 1 is 1.33 bits per heavy atom. The Morgan fingerprint density at radius 2 is 2.17 bits per heavy atom. The Bertz CT molecular complexity index is 610. The van der Waals surface area contributed by atoms with E-state index in [1.165, 1.54) is 30.0 Å². The third kappa shape index (κ3) is 3.25. The molecule has 1 aromatic rings. The number of thiazole rings is 1. The van der Waals surface area contributed by atoms with Crippen LogP contribution >= 0.6 is 11.3 Å². The molecule has 0 unspecified atom stereocenters. The van der Waals surface area contributed by atoms with Crippen molar-refractivity contribution in [3.8, 4) is 0 Å². The molecule has 4 nitrogen and oxygen atoms in total. The first kappa shape index (κ1) is 16.5. The largest absolute Gasteiger partial charge is 0.342 e. The Hall–Kier alpha value is -0.940. The molecule has 1 spiro atoms. The topological polar surface area (TPSA) is 36.4 Å². The number of nitrogens with zero attached hydrogens (tertiary/aromatic N) is 3. The van der Waals surface area contributed by atoms with Crippen LogP contribution in [-0.4, -0.2) is 46.9 Å². The molecule has 1 aromatic heterocycles. The van der Waals surface area contributed by atoms with Crippen LogP contribution in [0, 0.1) is 11.3 Å². The van der Waals surface area contributed by atoms with E-state index in [0.29, 0.717) is 11.8 Å². The summed E-state index contributed by atoms with van der Waals surface area (Å²) in [5.41, 5.74) is 1.11. The van der Waals surface area contributed by atoms with E-state index in [9.17, 15) is 4.79 Å². The van der Waals surface area contributed by atoms with E-state index < -0.39 is 0 Å². The molecule has 24 heavy (non-hydrogen) atoms. The van der Waals surface area contributed by atoms with Gasteiger partial charge in [-0.3, -0.25) is 9.69 Å². The minimum absolute atomic E-state index is 0.0920. The second-order valence-corrected chi connectivity index (χ2v) is 9.30. The summed E-state index contributed by atoms with van der Waals surface area (Å²) in [5, 5.41) is 3.39. The van der Waals surface area contributed by atoms with Crippen LogP contribution in [-0.2, 0) is 11.3 Å². The number of hydrogen-bond acceptors (Lipinski definition) is 4. The number of amides is 1. The number of carbonyl (C=O) groups is 1. The smallest absolute Gasteiger partial charge is 0.230 e. The van der Waals surface area contributed by atoms with Crippen molar-refractivity contribution in [2.75, 3.05) is 26.2 Å². The average Bonchev–Trinajstić information content (AvgIpc) is 3.08. The fraction of sp³-hybridized carbons (Fsp3) is 0.789. The first-order valence-electron chi connectivity index (χ1n) is 9.52. The molecule has 1 aliphatic carbocycles. The van der Waals surface area contributed by atoms with Gasteiger partial charge in [-0.25, -0.2) is 4.98 Å². The summed E-state index contributed by atoms with van der Waals surface area (Å²) in [4.78, 5) is 22.5. The summed E-state index contributed by atoms with van der Waals surface area (Å²) in [7, 11) is 0. The molecule has 3 fully saturated rings. The summed E-state index contributed by atoms with van der Waals surface area (Å²) in [6.45, 7) is 9.28. The SMILES string of the molecule is CC(C)c1csc(CN2CC[C@@]3(CCCN(CC4CC4)C3=O)C2)n1. The maximum Gasteiger partial charge on any atom is 0.230 e. The van der Waals surface area contributed by atoms with Crippen molar-refractivity contribution in [1.29, 1.82) is 0 Å². The van der Waals surface area contributed by atoms with Gasteiger partial charge in [-0.05, 0) is 50.5 Å². The van der Waals surface area contributed by atoms with E-state index in [-0.39, 0.29) is 5.41 Å². The summed E-state index contributed by atoms with van der Waals surface area (Å²) in [5.74, 6) is 1.74. The van der Waals surface area contributed by atoms with Crippen molar-refractivity contribution in [3.05, 3.63) is 16.1 Å². The highest BCUT2D eigenvalue weighted by Gasteiger charge is 2.48. The van der Waals surface area contributed by atoms with Gasteiger partial charge in [0.25, 0.3) is 0 Å². The molecule has 2 saturated heterocycles. The summed E-state index contributed by atoms with van der Waals surface area (Å²) >= 11 is 1.77. The van der Waals surface area contributed by atoms with E-state index >= 15 is 0 Å². The van der Waals surface area contributed by atoms with Gasteiger partial charge in [-0.2, -0.15) is 0 Å². The van der Waals surface area contributed by atoms with Gasteiger partial charge in [0.05, 0.1) is 17.7 Å². The molecule has 0 aromatic carbocycles. The second kappa shape index (κ2) is 6.41. The molecule has 3 aliphatic rings. The lowest BCUT2D eigenvalue weighted by molar-refractivity contribution is -0.145. The predicted octanol–water partition coefficient (Wildman–Crippen LogP) is 3.49. The van der Waals surface area contributed by atoms with Crippen molar-refractivity contribution >= 4 is 17.2 Å². The fourth-order valence-corrected chi connectivity index (χ4v) is 5.26. The second-order valence-electron chi connectivity index (χ2n) is 8.36. The van der Waals surface area contributed by atoms with Gasteiger partial charge < -0.3 is 4.90 Å². The Balaban J connectivity index is 1.39. The number of aromatic nitrogens is 1. The monoisotopic (exact) mass is 347 g/mol. The maximum absolute atomic E-state index is 13.1. The van der Waals surface area contributed by atoms with Crippen LogP contribution in [0.3, 0.4) is 0 Å². The lowest BCUT2D eigenvalue weighted by Crippen LogP contribution is -2.50. The van der Waals surface area contributed by atoms with Gasteiger partial charge in [-0.1, -0.05) is 13.8 Å². The van der Waals surface area contributed by atoms with Crippen LogP contribution in [0.5, 0.6) is 0 Å². The van der Waals surface area contributed by atoms with Crippen LogP contribution < -0.4 is 0 Å². The zero-order valence-electron chi connectivity index (χ0n) is 15.0. The molecular weight excluding hydrogens is 318 g/mol. The summed E-state index contributed by atoms with van der Waals surface area (Å²) < 4.78 is 0. The molecule has 3 heterocycles. The van der Waals surface area contributed by atoms with E-state index in [1.807, 2.05) is 0 Å². The number of carbonyl (C=O) groups excluding carboxylic acids is 1. The standard InChI is InChI=1S/C19H29N3OS/c1-14(2)16-12-24-17(20-16)11-21-9-7-19(13-21)6-3-8-22(18(19)23)10-15-4-5-15/h12,14-15H,3-11,13H2,1-2H3/t19-/m0/s1. The fourth-order valence-electron chi connectivity index (χ4n) is 4.26. The zero-order valence-corrected chi connectivity index (χ0v) is 15.8. The van der Waals surface area contributed by atoms with Crippen molar-refractivity contribution < 1.29 is 4.79 Å². The molecule has 2 aliphatic heterocycles. The van der Waals surface area contributed by atoms with E-state index in [0.717, 1.165) is 51.5 Å². The van der Waals surface area contributed by atoms with Crippen molar-refractivity contribution in [3.63, 3.8) is 0 Å². The lowest BCUT2D eigenvalue weighted by Gasteiger charge is -2.39. The van der Waals surface area contributed by atoms with Crippen molar-refractivity contribution in [2.24, 2.45) is 11.3 Å². The molecule has 5 heteroatoms. The van der Waals surface area contributed by atoms with Gasteiger partial charge in [0.2, 0.25) is 5.91 Å². The van der Waals surface area contributed by atoms with Crippen LogP contribution in [0.25, 0.3) is 0 Å². The van der Waals surface area contributed by atoms with E-state index in [1.54, 1.807) is 11.3 Å². The van der Waals surface area contributed by atoms with Gasteiger partial charge >= 0.3 is 0 Å². The highest BCUT2D eigenvalue weighted by Crippen LogP contribution is 2.42. The van der Waals surface area contributed by atoms with E-state index in [2.05, 4.69) is 29.0 Å². The van der Waals surface area contributed by atoms with E-state index in [4.69, 9.17) is 4.98 Å². The van der Waals surface area contributed by atoms with Crippen LogP contribution in [0.1, 0.15) is 62.6 Å². The molecule has 1 saturated carbocycles. The highest BCUT2D eigenvalue weighted by atomic mass is 32.1. The number of piperidine rings is 1. The lowest BCUT2D eigenvalue weighted by atomic mass is 9.78. The number of hydrogen-bond donors (Lipinski definition) is 0. The minimum atomic E-state index is -0.0920. The summed E-state index contributed by atoms with van der Waals surface area (Å²) in [6, 6.07) is 0. The third-order valence-electron chi connectivity index (χ3n) is 5.95. The Morgan fingerprint density at radius 3 is 2.88 bits per heavy atom. The van der Waals surface area contributed by atoms with Gasteiger partial charge in [0.1, 0.15) is 5.01 Å². The first-order valence-corrected chi connectivity index (χ1v) is 10.4. The molecule has 1 amide bonds. The maximum atomic E-state index is 13.1.